The molecular formula is C20H21N3O4. The van der Waals surface area contributed by atoms with E-state index in [1.54, 1.807) is 70.2 Å². The molecule has 3 rings (SSSR count). The highest BCUT2D eigenvalue weighted by atomic mass is 16.6. The molecule has 0 saturated heterocycles. The Balaban J connectivity index is 1.71. The summed E-state index contributed by atoms with van der Waals surface area (Å²) >= 11 is 0. The van der Waals surface area contributed by atoms with Gasteiger partial charge in [0.05, 0.1) is 0 Å². The Morgan fingerprint density at radius 1 is 1.04 bits per heavy atom. The van der Waals surface area contributed by atoms with Crippen molar-refractivity contribution in [3.05, 3.63) is 53.9 Å². The zero-order valence-corrected chi connectivity index (χ0v) is 15.6. The molecule has 7 nitrogen and oxygen atoms in total. The molecule has 0 unspecified atom stereocenters. The maximum atomic E-state index is 12.5. The van der Waals surface area contributed by atoms with Gasteiger partial charge < -0.3 is 14.5 Å². The molecule has 0 atom stereocenters. The zero-order valence-electron chi connectivity index (χ0n) is 15.6. The van der Waals surface area contributed by atoms with E-state index in [-0.39, 0.29) is 5.91 Å². The molecule has 7 heteroatoms. The van der Waals surface area contributed by atoms with Gasteiger partial charge in [0.1, 0.15) is 11.1 Å². The minimum Gasteiger partial charge on any atom is -0.444 e. The number of hydrogen-bond acceptors (Lipinski definition) is 5. The number of benzene rings is 2. The largest absolute Gasteiger partial charge is 0.444 e. The first kappa shape index (κ1) is 18.4. The van der Waals surface area contributed by atoms with Crippen LogP contribution in [0.3, 0.4) is 0 Å². The molecule has 0 aliphatic carbocycles. The van der Waals surface area contributed by atoms with Crippen molar-refractivity contribution in [1.29, 1.82) is 0 Å². The molecule has 2 amide bonds. The topological polar surface area (TPSA) is 93.5 Å². The fraction of sp³-hybridized carbons (Fsp3) is 0.250. The maximum Gasteiger partial charge on any atom is 0.412 e. The molecule has 2 aromatic carbocycles. The number of amides is 2. The summed E-state index contributed by atoms with van der Waals surface area (Å²) in [6, 6.07) is 11.9. The van der Waals surface area contributed by atoms with Crippen molar-refractivity contribution in [2.24, 2.45) is 0 Å². The summed E-state index contributed by atoms with van der Waals surface area (Å²) in [4.78, 5) is 28.7. The number of aromatic nitrogens is 1. The zero-order chi connectivity index (χ0) is 19.6. The van der Waals surface area contributed by atoms with Crippen LogP contribution < -0.4 is 10.6 Å². The summed E-state index contributed by atoms with van der Waals surface area (Å²) in [5.74, 6) is 0.261. The fourth-order valence-corrected chi connectivity index (χ4v) is 2.48. The van der Waals surface area contributed by atoms with E-state index in [2.05, 4.69) is 15.6 Å². The van der Waals surface area contributed by atoms with E-state index < -0.39 is 11.7 Å². The summed E-state index contributed by atoms with van der Waals surface area (Å²) < 4.78 is 10.6. The minimum atomic E-state index is -0.600. The molecular weight excluding hydrogens is 346 g/mol. The predicted octanol–water partition coefficient (Wildman–Crippen LogP) is 4.74. The number of hydrogen-bond donors (Lipinski definition) is 2. The minimum absolute atomic E-state index is 0.303. The van der Waals surface area contributed by atoms with Crippen LogP contribution in [0.15, 0.2) is 46.9 Å². The highest BCUT2D eigenvalue weighted by Crippen LogP contribution is 2.21. The van der Waals surface area contributed by atoms with Gasteiger partial charge in [0.2, 0.25) is 0 Å². The number of aryl methyl sites for hydroxylation is 1. The third-order valence-corrected chi connectivity index (χ3v) is 3.52. The highest BCUT2D eigenvalue weighted by Gasteiger charge is 2.16. The van der Waals surface area contributed by atoms with Crippen molar-refractivity contribution in [2.45, 2.75) is 33.3 Å². The lowest BCUT2D eigenvalue weighted by Crippen LogP contribution is -2.27. The second-order valence-electron chi connectivity index (χ2n) is 7.08. The molecule has 0 aliphatic rings. The van der Waals surface area contributed by atoms with Gasteiger partial charge in [-0.2, -0.15) is 0 Å². The fourth-order valence-electron chi connectivity index (χ4n) is 2.48. The molecule has 0 radical (unpaired) electrons. The lowest BCUT2D eigenvalue weighted by molar-refractivity contribution is 0.0635. The summed E-state index contributed by atoms with van der Waals surface area (Å²) in [6.45, 7) is 7.11. The summed E-state index contributed by atoms with van der Waals surface area (Å²) in [6.07, 6.45) is -0.577. The number of ether oxygens (including phenoxy) is 1. The first-order valence-corrected chi connectivity index (χ1v) is 8.48. The van der Waals surface area contributed by atoms with Crippen molar-refractivity contribution in [1.82, 2.24) is 4.98 Å². The van der Waals surface area contributed by atoms with E-state index in [0.717, 1.165) is 0 Å². The first-order valence-electron chi connectivity index (χ1n) is 8.48. The highest BCUT2D eigenvalue weighted by molar-refractivity contribution is 6.05. The smallest absolute Gasteiger partial charge is 0.412 e. The molecule has 140 valence electrons. The second-order valence-corrected chi connectivity index (χ2v) is 7.08. The van der Waals surface area contributed by atoms with Crippen molar-refractivity contribution >= 4 is 34.5 Å². The molecule has 0 bridgehead atoms. The van der Waals surface area contributed by atoms with Crippen molar-refractivity contribution in [3.63, 3.8) is 0 Å². The Labute approximate surface area is 156 Å². The third-order valence-electron chi connectivity index (χ3n) is 3.52. The van der Waals surface area contributed by atoms with Crippen molar-refractivity contribution in [2.75, 3.05) is 10.6 Å². The van der Waals surface area contributed by atoms with Crippen molar-refractivity contribution in [3.8, 4) is 0 Å². The molecule has 0 spiro atoms. The van der Waals surface area contributed by atoms with Gasteiger partial charge >= 0.3 is 6.09 Å². The lowest BCUT2D eigenvalue weighted by atomic mass is 10.1. The van der Waals surface area contributed by atoms with Gasteiger partial charge in [0, 0.05) is 23.9 Å². The van der Waals surface area contributed by atoms with E-state index in [1.165, 1.54) is 0 Å². The number of nitrogens with one attached hydrogen (secondary N) is 2. The number of rotatable bonds is 3. The Hall–Kier alpha value is -3.35. The normalized spacial score (nSPS) is 11.3. The van der Waals surface area contributed by atoms with E-state index >= 15 is 0 Å². The van der Waals surface area contributed by atoms with Gasteiger partial charge in [-0.1, -0.05) is 6.07 Å². The van der Waals surface area contributed by atoms with Gasteiger partial charge in [-0.25, -0.2) is 9.78 Å². The average Bonchev–Trinajstić information content (AvgIpc) is 2.92. The lowest BCUT2D eigenvalue weighted by Gasteiger charge is -2.19. The molecule has 1 heterocycles. The standard InChI is InChI=1S/C20H21N3O4/c1-12-21-16-11-15(8-9-17(16)26-12)22-18(24)13-6-5-7-14(10-13)23-19(25)27-20(2,3)4/h5-11H,1-4H3,(H,22,24)(H,23,25). The average molecular weight is 367 g/mol. The molecule has 0 fully saturated rings. The molecule has 3 aromatic rings. The number of carbonyl (C=O) groups is 2. The summed E-state index contributed by atoms with van der Waals surface area (Å²) in [7, 11) is 0. The van der Waals surface area contributed by atoms with E-state index in [0.29, 0.717) is 33.9 Å². The van der Waals surface area contributed by atoms with Crippen LogP contribution in [-0.2, 0) is 4.74 Å². The Kier molecular flexibility index (Phi) is 4.85. The van der Waals surface area contributed by atoms with Crippen LogP contribution in [0.2, 0.25) is 0 Å². The van der Waals surface area contributed by atoms with E-state index in [9.17, 15) is 9.59 Å². The van der Waals surface area contributed by atoms with Crippen LogP contribution >= 0.6 is 0 Å². The van der Waals surface area contributed by atoms with Crippen LogP contribution in [0.25, 0.3) is 11.1 Å². The second kappa shape index (κ2) is 7.11. The third kappa shape index (κ3) is 4.84. The van der Waals surface area contributed by atoms with Gasteiger partial charge in [-0.15, -0.1) is 0 Å². The van der Waals surface area contributed by atoms with Crippen LogP contribution in [0, 0.1) is 6.92 Å². The number of anilines is 2. The Bertz CT molecular complexity index is 1000. The summed E-state index contributed by atoms with van der Waals surface area (Å²) in [5, 5.41) is 5.43. The Morgan fingerprint density at radius 3 is 2.52 bits per heavy atom. The van der Waals surface area contributed by atoms with Gasteiger partial charge in [-0.05, 0) is 57.2 Å². The predicted molar refractivity (Wildman–Crippen MR) is 103 cm³/mol. The van der Waals surface area contributed by atoms with Crippen LogP contribution in [0.1, 0.15) is 37.0 Å². The SMILES string of the molecule is Cc1nc2cc(NC(=O)c3cccc(NC(=O)OC(C)(C)C)c3)ccc2o1. The molecule has 27 heavy (non-hydrogen) atoms. The quantitative estimate of drug-likeness (QED) is 0.698. The first-order chi connectivity index (χ1) is 12.7. The van der Waals surface area contributed by atoms with Crippen LogP contribution in [0.5, 0.6) is 0 Å². The van der Waals surface area contributed by atoms with E-state index in [4.69, 9.17) is 9.15 Å². The van der Waals surface area contributed by atoms with E-state index in [1.807, 2.05) is 0 Å². The number of carbonyl (C=O) groups excluding carboxylic acids is 2. The molecule has 0 saturated carbocycles. The maximum absolute atomic E-state index is 12.5. The van der Waals surface area contributed by atoms with Crippen molar-refractivity contribution < 1.29 is 18.7 Å². The van der Waals surface area contributed by atoms with Crippen LogP contribution in [0.4, 0.5) is 16.2 Å². The van der Waals surface area contributed by atoms with Crippen LogP contribution in [-0.4, -0.2) is 22.6 Å². The Morgan fingerprint density at radius 2 is 1.78 bits per heavy atom. The van der Waals surface area contributed by atoms with Gasteiger partial charge in [-0.3, -0.25) is 10.1 Å². The monoisotopic (exact) mass is 367 g/mol. The van der Waals surface area contributed by atoms with Gasteiger partial charge in [0.15, 0.2) is 11.5 Å². The molecule has 0 aliphatic heterocycles. The number of fused-ring (bicyclic) bond motifs is 1. The number of nitrogens with zero attached hydrogens (tertiary/aromatic N) is 1. The van der Waals surface area contributed by atoms with Gasteiger partial charge in [0.25, 0.3) is 5.91 Å². The number of oxazole rings is 1. The summed E-state index contributed by atoms with van der Waals surface area (Å²) in [5.41, 5.74) is 2.21. The molecule has 1 aromatic heterocycles. The molecule has 2 N–H and O–H groups in total.